The van der Waals surface area contributed by atoms with Crippen LogP contribution in [0.25, 0.3) is 0 Å². The lowest BCUT2D eigenvalue weighted by atomic mass is 10.2. The summed E-state index contributed by atoms with van der Waals surface area (Å²) in [5.41, 5.74) is 1.57. The molecule has 0 aliphatic heterocycles. The predicted molar refractivity (Wildman–Crippen MR) is 46.1 cm³/mol. The third-order valence-corrected chi connectivity index (χ3v) is 1.58. The highest BCUT2D eigenvalue weighted by Crippen LogP contribution is 2.04. The summed E-state index contributed by atoms with van der Waals surface area (Å²) in [6.45, 7) is 3.46. The molecule has 13 heavy (non-hydrogen) atoms. The van der Waals surface area contributed by atoms with Crippen molar-refractivity contribution in [3.05, 3.63) is 23.3 Å². The predicted octanol–water partition coefficient (Wildman–Crippen LogP) is 1.19. The van der Waals surface area contributed by atoms with Gasteiger partial charge in [0.05, 0.1) is 17.5 Å². The molecule has 0 atom stereocenters. The molecule has 0 amide bonds. The van der Waals surface area contributed by atoms with E-state index in [1.54, 1.807) is 26.1 Å². The number of aromatic nitrogens is 2. The molecule has 0 bridgehead atoms. The summed E-state index contributed by atoms with van der Waals surface area (Å²) in [5.74, 6) is -0.267. The Kier molecular flexibility index (Phi) is 2.70. The zero-order chi connectivity index (χ0) is 9.84. The summed E-state index contributed by atoms with van der Waals surface area (Å²) >= 11 is 0. The second kappa shape index (κ2) is 3.76. The summed E-state index contributed by atoms with van der Waals surface area (Å²) < 4.78 is 0. The van der Waals surface area contributed by atoms with Gasteiger partial charge in [-0.15, -0.1) is 0 Å². The lowest BCUT2D eigenvalue weighted by Gasteiger charge is -2.00. The molecule has 0 aliphatic carbocycles. The highest BCUT2D eigenvalue weighted by molar-refractivity contribution is 5.96. The first-order valence-corrected chi connectivity index (χ1v) is 3.85. The van der Waals surface area contributed by atoms with E-state index in [1.165, 1.54) is 0 Å². The first kappa shape index (κ1) is 9.33. The van der Waals surface area contributed by atoms with Crippen molar-refractivity contribution in [3.8, 4) is 6.07 Å². The number of carbonyl (C=O) groups excluding carboxylic acids is 1. The molecule has 0 saturated heterocycles. The standard InChI is InChI=1S/C9H9N3O/c1-6-5-11-7(2)9(12-6)8(13)3-4-10/h5H,3H2,1-2H3. The lowest BCUT2D eigenvalue weighted by molar-refractivity contribution is 0.0991. The van der Waals surface area contributed by atoms with Gasteiger partial charge in [-0.05, 0) is 13.8 Å². The molecule has 0 fully saturated rings. The molecular formula is C9H9N3O. The fourth-order valence-electron chi connectivity index (χ4n) is 0.957. The number of nitrogens with zero attached hydrogens (tertiary/aromatic N) is 3. The summed E-state index contributed by atoms with van der Waals surface area (Å²) in [5, 5.41) is 8.34. The van der Waals surface area contributed by atoms with Crippen LogP contribution in [0.2, 0.25) is 0 Å². The van der Waals surface area contributed by atoms with Crippen LogP contribution in [0.3, 0.4) is 0 Å². The fraction of sp³-hybridized carbons (Fsp3) is 0.333. The largest absolute Gasteiger partial charge is 0.291 e. The van der Waals surface area contributed by atoms with Crippen molar-refractivity contribution in [3.63, 3.8) is 0 Å². The molecule has 0 spiro atoms. The molecule has 0 radical (unpaired) electrons. The maximum Gasteiger partial charge on any atom is 0.197 e. The van der Waals surface area contributed by atoms with Gasteiger partial charge >= 0.3 is 0 Å². The smallest absolute Gasteiger partial charge is 0.197 e. The second-order valence-corrected chi connectivity index (χ2v) is 2.70. The number of hydrogen-bond acceptors (Lipinski definition) is 4. The molecule has 1 aromatic heterocycles. The van der Waals surface area contributed by atoms with E-state index in [1.807, 2.05) is 0 Å². The lowest BCUT2D eigenvalue weighted by Crippen LogP contribution is -2.06. The van der Waals surface area contributed by atoms with Crippen LogP contribution < -0.4 is 0 Å². The van der Waals surface area contributed by atoms with Gasteiger partial charge in [0.15, 0.2) is 5.78 Å². The van der Waals surface area contributed by atoms with Gasteiger partial charge in [-0.3, -0.25) is 9.78 Å². The molecule has 0 saturated carbocycles. The van der Waals surface area contributed by atoms with Crippen LogP contribution in [-0.4, -0.2) is 15.8 Å². The third kappa shape index (κ3) is 2.09. The second-order valence-electron chi connectivity index (χ2n) is 2.70. The SMILES string of the molecule is Cc1cnc(C)c(C(=O)CC#N)n1. The van der Waals surface area contributed by atoms with Crippen molar-refractivity contribution >= 4 is 5.78 Å². The van der Waals surface area contributed by atoms with E-state index >= 15 is 0 Å². The normalized spacial score (nSPS) is 9.31. The number of hydrogen-bond donors (Lipinski definition) is 0. The first-order chi connectivity index (χ1) is 6.15. The first-order valence-electron chi connectivity index (χ1n) is 3.85. The third-order valence-electron chi connectivity index (χ3n) is 1.58. The topological polar surface area (TPSA) is 66.6 Å². The Balaban J connectivity index is 3.07. The van der Waals surface area contributed by atoms with Crippen molar-refractivity contribution in [1.82, 2.24) is 9.97 Å². The Hall–Kier alpha value is -1.76. The van der Waals surface area contributed by atoms with Crippen molar-refractivity contribution in [2.75, 3.05) is 0 Å². The van der Waals surface area contributed by atoms with E-state index in [4.69, 9.17) is 5.26 Å². The average Bonchev–Trinajstić information content (AvgIpc) is 2.09. The van der Waals surface area contributed by atoms with E-state index in [2.05, 4.69) is 9.97 Å². The number of nitriles is 1. The summed E-state index contributed by atoms with van der Waals surface area (Å²) in [6.07, 6.45) is 1.46. The molecule has 4 heteroatoms. The van der Waals surface area contributed by atoms with Gasteiger partial charge in [0.2, 0.25) is 0 Å². The number of ketones is 1. The highest BCUT2D eigenvalue weighted by atomic mass is 16.1. The Labute approximate surface area is 76.2 Å². The molecule has 1 aromatic rings. The Morgan fingerprint density at radius 1 is 1.62 bits per heavy atom. The van der Waals surface area contributed by atoms with Crippen LogP contribution in [-0.2, 0) is 0 Å². The molecule has 4 nitrogen and oxygen atoms in total. The van der Waals surface area contributed by atoms with Crippen LogP contribution >= 0.6 is 0 Å². The molecule has 0 aromatic carbocycles. The Bertz CT molecular complexity index is 379. The van der Waals surface area contributed by atoms with Gasteiger partial charge in [0.1, 0.15) is 12.1 Å². The summed E-state index contributed by atoms with van der Waals surface area (Å²) in [4.78, 5) is 19.3. The minimum atomic E-state index is -0.267. The van der Waals surface area contributed by atoms with Crippen molar-refractivity contribution in [2.24, 2.45) is 0 Å². The van der Waals surface area contributed by atoms with Crippen LogP contribution in [0.1, 0.15) is 28.3 Å². The minimum Gasteiger partial charge on any atom is -0.291 e. The van der Waals surface area contributed by atoms with E-state index in [9.17, 15) is 4.79 Å². The Morgan fingerprint density at radius 2 is 2.31 bits per heavy atom. The number of rotatable bonds is 2. The zero-order valence-electron chi connectivity index (χ0n) is 7.53. The van der Waals surface area contributed by atoms with Gasteiger partial charge in [0.25, 0.3) is 0 Å². The van der Waals surface area contributed by atoms with Gasteiger partial charge in [-0.1, -0.05) is 0 Å². The minimum absolute atomic E-state index is 0.140. The van der Waals surface area contributed by atoms with Crippen molar-refractivity contribution in [2.45, 2.75) is 20.3 Å². The molecule has 0 N–H and O–H groups in total. The number of aryl methyl sites for hydroxylation is 2. The van der Waals surface area contributed by atoms with Crippen LogP contribution in [0.15, 0.2) is 6.20 Å². The van der Waals surface area contributed by atoms with E-state index in [0.717, 1.165) is 0 Å². The van der Waals surface area contributed by atoms with Gasteiger partial charge in [-0.25, -0.2) is 4.98 Å². The molecule has 0 aliphatic rings. The monoisotopic (exact) mass is 175 g/mol. The van der Waals surface area contributed by atoms with E-state index in [0.29, 0.717) is 17.1 Å². The maximum atomic E-state index is 11.3. The zero-order valence-corrected chi connectivity index (χ0v) is 7.53. The van der Waals surface area contributed by atoms with Crippen LogP contribution in [0.4, 0.5) is 0 Å². The summed E-state index contributed by atoms with van der Waals surface area (Å²) in [6, 6.07) is 1.80. The average molecular weight is 175 g/mol. The molecular weight excluding hydrogens is 166 g/mol. The highest BCUT2D eigenvalue weighted by Gasteiger charge is 2.10. The van der Waals surface area contributed by atoms with E-state index in [-0.39, 0.29) is 12.2 Å². The quantitative estimate of drug-likeness (QED) is 0.633. The van der Waals surface area contributed by atoms with Gasteiger partial charge in [-0.2, -0.15) is 5.26 Å². The van der Waals surface area contributed by atoms with Gasteiger partial charge < -0.3 is 0 Å². The molecule has 66 valence electrons. The van der Waals surface area contributed by atoms with Crippen LogP contribution in [0, 0.1) is 25.2 Å². The molecule has 1 rings (SSSR count). The van der Waals surface area contributed by atoms with E-state index < -0.39 is 0 Å². The van der Waals surface area contributed by atoms with Crippen molar-refractivity contribution < 1.29 is 4.79 Å². The molecule has 1 heterocycles. The Morgan fingerprint density at radius 3 is 2.92 bits per heavy atom. The maximum absolute atomic E-state index is 11.3. The summed E-state index contributed by atoms with van der Waals surface area (Å²) in [7, 11) is 0. The van der Waals surface area contributed by atoms with Crippen molar-refractivity contribution in [1.29, 1.82) is 5.26 Å². The number of carbonyl (C=O) groups is 1. The number of Topliss-reactive ketones (excluding diaryl/α,β-unsaturated/α-hetero) is 1. The molecule has 0 unspecified atom stereocenters. The fourth-order valence-corrected chi connectivity index (χ4v) is 0.957. The van der Waals surface area contributed by atoms with Gasteiger partial charge in [0, 0.05) is 6.20 Å². The van der Waals surface area contributed by atoms with Crippen LogP contribution in [0.5, 0.6) is 0 Å².